The van der Waals surface area contributed by atoms with Crippen LogP contribution in [0.3, 0.4) is 0 Å². The number of nitrogens with two attached hydrogens (primary N) is 1. The Balaban J connectivity index is 2.44. The minimum absolute atomic E-state index is 0.0276. The third-order valence-electron chi connectivity index (χ3n) is 3.81. The van der Waals surface area contributed by atoms with E-state index in [0.29, 0.717) is 25.0 Å². The Morgan fingerprint density at radius 2 is 2.00 bits per heavy atom. The molecule has 5 nitrogen and oxygen atoms in total. The lowest BCUT2D eigenvalue weighted by molar-refractivity contribution is -0.122. The zero-order valence-electron chi connectivity index (χ0n) is 12.6. The van der Waals surface area contributed by atoms with Crippen LogP contribution < -0.4 is 16.5 Å². The van der Waals surface area contributed by atoms with Gasteiger partial charge in [0.1, 0.15) is 0 Å². The highest BCUT2D eigenvalue weighted by Gasteiger charge is 2.26. The molecule has 1 amide bonds. The van der Waals surface area contributed by atoms with Gasteiger partial charge in [0.15, 0.2) is 0 Å². The number of rotatable bonds is 7. The number of hydrogen-bond acceptors (Lipinski definition) is 4. The van der Waals surface area contributed by atoms with Crippen LogP contribution in [0, 0.1) is 0 Å². The molecule has 1 fully saturated rings. The number of piperidine rings is 1. The van der Waals surface area contributed by atoms with Crippen LogP contribution in [-0.4, -0.2) is 42.1 Å². The van der Waals surface area contributed by atoms with Gasteiger partial charge in [-0.1, -0.05) is 13.3 Å². The first-order valence-electron chi connectivity index (χ1n) is 7.59. The van der Waals surface area contributed by atoms with Crippen LogP contribution in [0.5, 0.6) is 0 Å². The molecule has 4 N–H and O–H groups in total. The molecule has 1 aliphatic rings. The van der Waals surface area contributed by atoms with Crippen LogP contribution >= 0.6 is 0 Å². The molecule has 0 aromatic rings. The van der Waals surface area contributed by atoms with Crippen molar-refractivity contribution in [1.82, 2.24) is 15.8 Å². The summed E-state index contributed by atoms with van der Waals surface area (Å²) in [6, 6.07) is 1.05. The number of carbonyl (C=O) groups is 1. The van der Waals surface area contributed by atoms with E-state index in [1.165, 1.54) is 19.3 Å². The van der Waals surface area contributed by atoms with Crippen molar-refractivity contribution >= 4 is 5.91 Å². The van der Waals surface area contributed by atoms with E-state index >= 15 is 0 Å². The van der Waals surface area contributed by atoms with Gasteiger partial charge in [0.25, 0.3) is 0 Å². The van der Waals surface area contributed by atoms with Crippen molar-refractivity contribution < 1.29 is 4.79 Å². The molecule has 112 valence electrons. The molecule has 0 saturated carbocycles. The average molecular weight is 270 g/mol. The van der Waals surface area contributed by atoms with Crippen LogP contribution in [0.2, 0.25) is 0 Å². The monoisotopic (exact) mass is 270 g/mol. The largest absolute Gasteiger partial charge is 0.356 e. The molecule has 5 heteroatoms. The molecular weight excluding hydrogens is 240 g/mol. The number of nitrogens with zero attached hydrogens (tertiary/aromatic N) is 1. The van der Waals surface area contributed by atoms with E-state index < -0.39 is 0 Å². The molecule has 3 unspecified atom stereocenters. The Hall–Kier alpha value is -0.650. The topological polar surface area (TPSA) is 70.4 Å². The summed E-state index contributed by atoms with van der Waals surface area (Å²) in [5, 5.41) is 5.19. The van der Waals surface area contributed by atoms with Crippen molar-refractivity contribution in [3.05, 3.63) is 0 Å². The van der Waals surface area contributed by atoms with Crippen LogP contribution in [0.25, 0.3) is 0 Å². The maximum absolute atomic E-state index is 11.8. The Bertz CT molecular complexity index is 262. The second-order valence-corrected chi connectivity index (χ2v) is 5.65. The van der Waals surface area contributed by atoms with Gasteiger partial charge >= 0.3 is 0 Å². The third kappa shape index (κ3) is 5.47. The van der Waals surface area contributed by atoms with Gasteiger partial charge < -0.3 is 11.1 Å². The van der Waals surface area contributed by atoms with Crippen LogP contribution in [0.1, 0.15) is 52.9 Å². The van der Waals surface area contributed by atoms with E-state index in [1.807, 2.05) is 0 Å². The maximum Gasteiger partial charge on any atom is 0.221 e. The first-order valence-corrected chi connectivity index (χ1v) is 7.59. The van der Waals surface area contributed by atoms with Crippen molar-refractivity contribution in [3.8, 4) is 0 Å². The summed E-state index contributed by atoms with van der Waals surface area (Å²) in [5.74, 6) is 0.0853. The first kappa shape index (κ1) is 16.4. The fourth-order valence-corrected chi connectivity index (χ4v) is 2.63. The quantitative estimate of drug-likeness (QED) is 0.645. The predicted molar refractivity (Wildman–Crippen MR) is 78.5 cm³/mol. The smallest absolute Gasteiger partial charge is 0.221 e. The number of hydrogen-bond donors (Lipinski definition) is 3. The maximum atomic E-state index is 11.8. The molecule has 1 heterocycles. The second-order valence-electron chi connectivity index (χ2n) is 5.65. The van der Waals surface area contributed by atoms with Crippen molar-refractivity contribution in [3.63, 3.8) is 0 Å². The minimum Gasteiger partial charge on any atom is -0.356 e. The molecule has 0 aromatic heterocycles. The standard InChI is InChI=1S/C14H30N4O/c1-4-8-16-14(19)9-13(10-15)17-18-11(2)6-5-7-12(18)3/h11-13,17H,4-10,15H2,1-3H3,(H,16,19). The van der Waals surface area contributed by atoms with E-state index in [2.05, 4.69) is 36.5 Å². The van der Waals surface area contributed by atoms with E-state index in [1.54, 1.807) is 0 Å². The second kappa shape index (κ2) is 8.51. The molecule has 0 aromatic carbocycles. The molecule has 0 spiro atoms. The highest BCUT2D eigenvalue weighted by molar-refractivity contribution is 5.76. The van der Waals surface area contributed by atoms with E-state index in [-0.39, 0.29) is 11.9 Å². The molecule has 1 aliphatic heterocycles. The molecule has 0 radical (unpaired) electrons. The summed E-state index contributed by atoms with van der Waals surface area (Å²) in [5.41, 5.74) is 9.25. The van der Waals surface area contributed by atoms with Crippen LogP contribution in [0.15, 0.2) is 0 Å². The zero-order valence-corrected chi connectivity index (χ0v) is 12.6. The van der Waals surface area contributed by atoms with Gasteiger partial charge in [0, 0.05) is 37.6 Å². The Labute approximate surface area is 117 Å². The summed E-state index contributed by atoms with van der Waals surface area (Å²) in [4.78, 5) is 11.8. The van der Waals surface area contributed by atoms with Crippen molar-refractivity contribution in [2.75, 3.05) is 13.1 Å². The van der Waals surface area contributed by atoms with Gasteiger partial charge in [-0.15, -0.1) is 0 Å². The van der Waals surface area contributed by atoms with Gasteiger partial charge in [-0.2, -0.15) is 0 Å². The summed E-state index contributed by atoms with van der Waals surface area (Å²) in [6.07, 6.45) is 5.11. The molecular formula is C14H30N4O. The molecule has 1 rings (SSSR count). The number of hydrazine groups is 1. The van der Waals surface area contributed by atoms with Gasteiger partial charge in [-0.3, -0.25) is 4.79 Å². The summed E-state index contributed by atoms with van der Waals surface area (Å²) >= 11 is 0. The van der Waals surface area contributed by atoms with Crippen molar-refractivity contribution in [2.24, 2.45) is 5.73 Å². The van der Waals surface area contributed by atoms with Gasteiger partial charge in [0.05, 0.1) is 0 Å². The minimum atomic E-state index is 0.0276. The zero-order chi connectivity index (χ0) is 14.3. The SMILES string of the molecule is CCCNC(=O)CC(CN)NN1C(C)CCCC1C. The number of amides is 1. The van der Waals surface area contributed by atoms with Crippen LogP contribution in [0.4, 0.5) is 0 Å². The Morgan fingerprint density at radius 3 is 2.53 bits per heavy atom. The fourth-order valence-electron chi connectivity index (χ4n) is 2.63. The van der Waals surface area contributed by atoms with Crippen LogP contribution in [-0.2, 0) is 4.79 Å². The average Bonchev–Trinajstić information content (AvgIpc) is 2.39. The highest BCUT2D eigenvalue weighted by atomic mass is 16.1. The molecule has 19 heavy (non-hydrogen) atoms. The summed E-state index contributed by atoms with van der Waals surface area (Å²) in [7, 11) is 0. The lowest BCUT2D eigenvalue weighted by atomic mass is 9.99. The Kier molecular flexibility index (Phi) is 7.34. The lowest BCUT2D eigenvalue weighted by Gasteiger charge is -2.41. The van der Waals surface area contributed by atoms with E-state index in [0.717, 1.165) is 13.0 Å². The normalized spacial score (nSPS) is 26.1. The summed E-state index contributed by atoms with van der Waals surface area (Å²) in [6.45, 7) is 7.74. The molecule has 1 saturated heterocycles. The summed E-state index contributed by atoms with van der Waals surface area (Å²) < 4.78 is 0. The molecule has 0 bridgehead atoms. The lowest BCUT2D eigenvalue weighted by Crippen LogP contribution is -2.57. The number of carbonyl (C=O) groups excluding carboxylic acids is 1. The Morgan fingerprint density at radius 1 is 1.37 bits per heavy atom. The van der Waals surface area contributed by atoms with Crippen molar-refractivity contribution in [2.45, 2.75) is 71.0 Å². The van der Waals surface area contributed by atoms with E-state index in [9.17, 15) is 4.79 Å². The predicted octanol–water partition coefficient (Wildman–Crippen LogP) is 0.998. The van der Waals surface area contributed by atoms with Gasteiger partial charge in [0.2, 0.25) is 5.91 Å². The van der Waals surface area contributed by atoms with Gasteiger partial charge in [-0.05, 0) is 33.1 Å². The van der Waals surface area contributed by atoms with Crippen molar-refractivity contribution in [1.29, 1.82) is 0 Å². The first-order chi connectivity index (χ1) is 9.08. The molecule has 0 aliphatic carbocycles. The van der Waals surface area contributed by atoms with E-state index in [4.69, 9.17) is 5.73 Å². The van der Waals surface area contributed by atoms with Gasteiger partial charge in [-0.25, -0.2) is 10.4 Å². The highest BCUT2D eigenvalue weighted by Crippen LogP contribution is 2.20. The molecule has 3 atom stereocenters. The third-order valence-corrected chi connectivity index (χ3v) is 3.81. The number of nitrogens with one attached hydrogen (secondary N) is 2. The fraction of sp³-hybridized carbons (Fsp3) is 0.929.